The first-order chi connectivity index (χ1) is 9.11. The molecule has 2 aromatic carbocycles. The quantitative estimate of drug-likeness (QED) is 0.505. The number of benzene rings is 2. The Morgan fingerprint density at radius 3 is 2.42 bits per heavy atom. The Labute approximate surface area is 117 Å². The van der Waals surface area contributed by atoms with Crippen LogP contribution in [0.4, 0.5) is 0 Å². The maximum absolute atomic E-state index is 7.70. The molecule has 98 valence electrons. The summed E-state index contributed by atoms with van der Waals surface area (Å²) in [4.78, 5) is 0.942. The van der Waals surface area contributed by atoms with Gasteiger partial charge in [-0.25, -0.2) is 0 Å². The highest BCUT2D eigenvalue weighted by Crippen LogP contribution is 2.31. The summed E-state index contributed by atoms with van der Waals surface area (Å²) in [6, 6.07) is 13.5. The minimum atomic E-state index is 0.0204. The molecule has 3 nitrogen and oxygen atoms in total. The number of hydrogen-bond acceptors (Lipinski definition) is 3. The summed E-state index contributed by atoms with van der Waals surface area (Å²) in [5, 5.41) is 7.70. The molecule has 0 radical (unpaired) electrons. The van der Waals surface area contributed by atoms with Crippen molar-refractivity contribution in [2.75, 3.05) is 6.26 Å². The molecule has 0 atom stereocenters. The van der Waals surface area contributed by atoms with Crippen LogP contribution in [-0.2, 0) is 0 Å². The predicted octanol–water partition coefficient (Wildman–Crippen LogP) is 3.79. The third-order valence-electron chi connectivity index (χ3n) is 2.73. The van der Waals surface area contributed by atoms with Crippen molar-refractivity contribution >= 4 is 17.6 Å². The van der Waals surface area contributed by atoms with Crippen LogP contribution < -0.4 is 10.5 Å². The number of thioether (sulfide) groups is 1. The van der Waals surface area contributed by atoms with E-state index in [1.54, 1.807) is 11.8 Å². The largest absolute Gasteiger partial charge is 0.457 e. The molecular formula is C15H16N2OS. The average Bonchev–Trinajstić information content (AvgIpc) is 2.40. The third kappa shape index (κ3) is 3.09. The van der Waals surface area contributed by atoms with Crippen LogP contribution in [0.2, 0.25) is 0 Å². The maximum Gasteiger partial charge on any atom is 0.139 e. The van der Waals surface area contributed by atoms with Gasteiger partial charge in [-0.2, -0.15) is 0 Å². The zero-order valence-corrected chi connectivity index (χ0v) is 11.8. The summed E-state index contributed by atoms with van der Waals surface area (Å²) < 4.78 is 5.83. The topological polar surface area (TPSA) is 59.1 Å². The molecule has 0 aromatic heterocycles. The van der Waals surface area contributed by atoms with Crippen LogP contribution in [0.1, 0.15) is 11.1 Å². The van der Waals surface area contributed by atoms with Gasteiger partial charge in [0.2, 0.25) is 0 Å². The summed E-state index contributed by atoms with van der Waals surface area (Å²) in [6.07, 6.45) is 1.96. The first kappa shape index (κ1) is 13.5. The van der Waals surface area contributed by atoms with Crippen molar-refractivity contribution in [3.8, 4) is 11.5 Å². The van der Waals surface area contributed by atoms with Crippen LogP contribution in [0.15, 0.2) is 47.4 Å². The van der Waals surface area contributed by atoms with Crippen molar-refractivity contribution in [3.05, 3.63) is 53.6 Å². The highest BCUT2D eigenvalue weighted by molar-refractivity contribution is 7.98. The lowest BCUT2D eigenvalue weighted by Crippen LogP contribution is -2.13. The van der Waals surface area contributed by atoms with E-state index in [4.69, 9.17) is 15.9 Å². The van der Waals surface area contributed by atoms with Gasteiger partial charge in [0.1, 0.15) is 17.3 Å². The van der Waals surface area contributed by atoms with Crippen molar-refractivity contribution in [2.45, 2.75) is 11.8 Å². The smallest absolute Gasteiger partial charge is 0.139 e. The van der Waals surface area contributed by atoms with E-state index in [1.807, 2.05) is 55.6 Å². The van der Waals surface area contributed by atoms with Gasteiger partial charge < -0.3 is 10.5 Å². The first-order valence-electron chi connectivity index (χ1n) is 5.87. The summed E-state index contributed by atoms with van der Waals surface area (Å²) in [6.45, 7) is 2.03. The lowest BCUT2D eigenvalue weighted by Gasteiger charge is -2.13. The second kappa shape index (κ2) is 5.80. The van der Waals surface area contributed by atoms with Gasteiger partial charge in [-0.3, -0.25) is 5.41 Å². The van der Waals surface area contributed by atoms with E-state index in [2.05, 4.69) is 0 Å². The Hall–Kier alpha value is -1.94. The van der Waals surface area contributed by atoms with Crippen molar-refractivity contribution in [3.63, 3.8) is 0 Å². The Kier molecular flexibility index (Phi) is 4.12. The summed E-state index contributed by atoms with van der Waals surface area (Å²) >= 11 is 1.55. The number of aryl methyl sites for hydroxylation is 1. The van der Waals surface area contributed by atoms with E-state index in [0.717, 1.165) is 10.6 Å². The van der Waals surface area contributed by atoms with Crippen LogP contribution in [0.25, 0.3) is 0 Å². The second-order valence-corrected chi connectivity index (χ2v) is 5.01. The number of ether oxygens (including phenoxy) is 1. The number of nitrogens with two attached hydrogens (primary N) is 1. The van der Waals surface area contributed by atoms with Crippen molar-refractivity contribution in [1.29, 1.82) is 5.41 Å². The van der Waals surface area contributed by atoms with Gasteiger partial charge in [0, 0.05) is 4.90 Å². The number of nitrogen functional groups attached to an aromatic ring is 1. The molecular weight excluding hydrogens is 256 g/mol. The lowest BCUT2D eigenvalue weighted by atomic mass is 10.2. The molecule has 0 bridgehead atoms. The molecule has 0 fully saturated rings. The van der Waals surface area contributed by atoms with Crippen LogP contribution in [0, 0.1) is 12.3 Å². The third-order valence-corrected chi connectivity index (χ3v) is 3.51. The normalized spacial score (nSPS) is 10.2. The predicted molar refractivity (Wildman–Crippen MR) is 80.5 cm³/mol. The summed E-state index contributed by atoms with van der Waals surface area (Å²) in [7, 11) is 0. The number of rotatable bonds is 4. The molecule has 19 heavy (non-hydrogen) atoms. The van der Waals surface area contributed by atoms with Gasteiger partial charge in [0.05, 0.1) is 5.56 Å². The first-order valence-corrected chi connectivity index (χ1v) is 7.10. The van der Waals surface area contributed by atoms with E-state index < -0.39 is 0 Å². The molecule has 2 aromatic rings. The van der Waals surface area contributed by atoms with Crippen molar-refractivity contribution < 1.29 is 4.74 Å². The molecule has 0 amide bonds. The van der Waals surface area contributed by atoms with Gasteiger partial charge in [-0.1, -0.05) is 23.8 Å². The molecule has 0 saturated heterocycles. The molecule has 0 unspecified atom stereocenters. The Balaban J connectivity index is 2.39. The molecule has 2 rings (SSSR count). The van der Waals surface area contributed by atoms with E-state index in [1.165, 1.54) is 5.56 Å². The number of nitrogens with one attached hydrogen (secondary N) is 1. The molecule has 0 aliphatic rings. The SMILES string of the molecule is CSc1cccc(Oc2ccc(C)cc2)c1C(=N)N. The maximum atomic E-state index is 7.70. The van der Waals surface area contributed by atoms with E-state index in [-0.39, 0.29) is 5.84 Å². The minimum Gasteiger partial charge on any atom is -0.457 e. The zero-order valence-electron chi connectivity index (χ0n) is 10.9. The van der Waals surface area contributed by atoms with Crippen molar-refractivity contribution in [2.24, 2.45) is 5.73 Å². The van der Waals surface area contributed by atoms with E-state index in [9.17, 15) is 0 Å². The fraction of sp³-hybridized carbons (Fsp3) is 0.133. The molecule has 3 N–H and O–H groups in total. The molecule has 0 saturated carbocycles. The number of amidine groups is 1. The zero-order chi connectivity index (χ0) is 13.8. The van der Waals surface area contributed by atoms with Gasteiger partial charge in [0.25, 0.3) is 0 Å². The summed E-state index contributed by atoms with van der Waals surface area (Å²) in [5.74, 6) is 1.38. The van der Waals surface area contributed by atoms with Gasteiger partial charge in [0.15, 0.2) is 0 Å². The molecule has 0 spiro atoms. The number of hydrogen-bond donors (Lipinski definition) is 2. The van der Waals surface area contributed by atoms with Gasteiger partial charge in [-0.05, 0) is 37.4 Å². The highest BCUT2D eigenvalue weighted by Gasteiger charge is 2.12. The van der Waals surface area contributed by atoms with Crippen molar-refractivity contribution in [1.82, 2.24) is 0 Å². The van der Waals surface area contributed by atoms with E-state index in [0.29, 0.717) is 11.3 Å². The van der Waals surface area contributed by atoms with Gasteiger partial charge >= 0.3 is 0 Å². The van der Waals surface area contributed by atoms with E-state index >= 15 is 0 Å². The molecule has 0 aliphatic heterocycles. The second-order valence-electron chi connectivity index (χ2n) is 4.16. The molecule has 0 aliphatic carbocycles. The van der Waals surface area contributed by atoms with Crippen LogP contribution in [0.5, 0.6) is 11.5 Å². The lowest BCUT2D eigenvalue weighted by molar-refractivity contribution is 0.480. The Bertz CT molecular complexity index is 594. The van der Waals surface area contributed by atoms with Crippen LogP contribution in [0.3, 0.4) is 0 Å². The average molecular weight is 272 g/mol. The highest BCUT2D eigenvalue weighted by atomic mass is 32.2. The monoisotopic (exact) mass is 272 g/mol. The molecule has 0 heterocycles. The Morgan fingerprint density at radius 1 is 1.16 bits per heavy atom. The fourth-order valence-electron chi connectivity index (χ4n) is 1.76. The molecule has 4 heteroatoms. The summed E-state index contributed by atoms with van der Waals surface area (Å²) in [5.41, 5.74) is 7.49. The Morgan fingerprint density at radius 2 is 1.84 bits per heavy atom. The van der Waals surface area contributed by atoms with Crippen LogP contribution in [-0.4, -0.2) is 12.1 Å². The van der Waals surface area contributed by atoms with Crippen LogP contribution >= 0.6 is 11.8 Å². The standard InChI is InChI=1S/C15H16N2OS/c1-10-6-8-11(9-7-10)18-12-4-3-5-13(19-2)14(12)15(16)17/h3-9H,1-2H3,(H3,16,17). The fourth-order valence-corrected chi connectivity index (χ4v) is 2.39. The van der Waals surface area contributed by atoms with Gasteiger partial charge in [-0.15, -0.1) is 11.8 Å². The minimum absolute atomic E-state index is 0.0204.